The molecule has 2 heterocycles. The standard InChI is InChI=1S/C26H32ClNO5/c1-3-31-21-7-4-19(5-8-21)26(28-11-14-30-15-12-28)23-16-20(6-9-24(23)27)25-17-22(10-13-32-25)33-18(2)29/h4-9,16,22,25-26H,3,10-15,17H2,1-2H3. The third-order valence-electron chi connectivity index (χ3n) is 6.17. The zero-order valence-electron chi connectivity index (χ0n) is 19.3. The summed E-state index contributed by atoms with van der Waals surface area (Å²) in [6.45, 7) is 7.67. The minimum atomic E-state index is -0.250. The van der Waals surface area contributed by atoms with Gasteiger partial charge in [0.15, 0.2) is 0 Å². The molecule has 6 nitrogen and oxygen atoms in total. The monoisotopic (exact) mass is 473 g/mol. The molecule has 0 saturated carbocycles. The molecule has 2 aromatic rings. The number of rotatable bonds is 7. The van der Waals surface area contributed by atoms with E-state index in [1.807, 2.05) is 31.2 Å². The lowest BCUT2D eigenvalue weighted by Gasteiger charge is -2.36. The van der Waals surface area contributed by atoms with E-state index in [0.29, 0.717) is 32.8 Å². The second kappa shape index (κ2) is 11.3. The minimum Gasteiger partial charge on any atom is -0.494 e. The van der Waals surface area contributed by atoms with Gasteiger partial charge in [-0.15, -0.1) is 0 Å². The number of carbonyl (C=O) groups is 1. The van der Waals surface area contributed by atoms with E-state index in [1.165, 1.54) is 6.92 Å². The molecule has 2 aliphatic heterocycles. The number of ether oxygens (including phenoxy) is 4. The van der Waals surface area contributed by atoms with Crippen LogP contribution in [0.1, 0.15) is 55.5 Å². The van der Waals surface area contributed by atoms with Crippen LogP contribution >= 0.6 is 11.6 Å². The van der Waals surface area contributed by atoms with Crippen molar-refractivity contribution in [3.63, 3.8) is 0 Å². The number of benzene rings is 2. The Morgan fingerprint density at radius 1 is 1.15 bits per heavy atom. The van der Waals surface area contributed by atoms with Gasteiger partial charge >= 0.3 is 5.97 Å². The van der Waals surface area contributed by atoms with Crippen molar-refractivity contribution in [2.75, 3.05) is 39.5 Å². The molecule has 2 fully saturated rings. The van der Waals surface area contributed by atoms with E-state index < -0.39 is 0 Å². The first-order valence-corrected chi connectivity index (χ1v) is 12.1. The molecule has 178 valence electrons. The van der Waals surface area contributed by atoms with Crippen molar-refractivity contribution in [1.29, 1.82) is 0 Å². The van der Waals surface area contributed by atoms with Crippen LogP contribution in [0.2, 0.25) is 5.02 Å². The lowest BCUT2D eigenvalue weighted by atomic mass is 9.92. The van der Waals surface area contributed by atoms with Gasteiger partial charge in [-0.2, -0.15) is 0 Å². The van der Waals surface area contributed by atoms with Crippen LogP contribution in [0.3, 0.4) is 0 Å². The third-order valence-corrected chi connectivity index (χ3v) is 6.52. The van der Waals surface area contributed by atoms with E-state index in [-0.39, 0.29) is 24.2 Å². The number of morpholine rings is 1. The smallest absolute Gasteiger partial charge is 0.302 e. The van der Waals surface area contributed by atoms with Crippen molar-refractivity contribution in [1.82, 2.24) is 4.90 Å². The van der Waals surface area contributed by atoms with Gasteiger partial charge in [0.2, 0.25) is 0 Å². The van der Waals surface area contributed by atoms with Crippen molar-refractivity contribution in [3.05, 3.63) is 64.2 Å². The summed E-state index contributed by atoms with van der Waals surface area (Å²) in [6.07, 6.45) is 1.11. The normalized spacial score (nSPS) is 22.5. The Morgan fingerprint density at radius 2 is 1.91 bits per heavy atom. The van der Waals surface area contributed by atoms with Gasteiger partial charge in [-0.05, 0) is 47.9 Å². The first-order chi connectivity index (χ1) is 16.0. The first kappa shape index (κ1) is 24.0. The number of carbonyl (C=O) groups excluding carboxylic acids is 1. The Labute approximate surface area is 200 Å². The number of esters is 1. The Balaban J connectivity index is 1.65. The predicted molar refractivity (Wildman–Crippen MR) is 127 cm³/mol. The van der Waals surface area contributed by atoms with E-state index in [9.17, 15) is 4.79 Å². The lowest BCUT2D eigenvalue weighted by Crippen LogP contribution is -2.39. The summed E-state index contributed by atoms with van der Waals surface area (Å²) in [5.41, 5.74) is 3.25. The molecular formula is C26H32ClNO5. The summed E-state index contributed by atoms with van der Waals surface area (Å²) >= 11 is 6.78. The van der Waals surface area contributed by atoms with Crippen LogP contribution < -0.4 is 4.74 Å². The van der Waals surface area contributed by atoms with Crippen molar-refractivity contribution < 1.29 is 23.7 Å². The average Bonchev–Trinajstić information content (AvgIpc) is 2.82. The molecule has 3 unspecified atom stereocenters. The summed E-state index contributed by atoms with van der Waals surface area (Å²) in [7, 11) is 0. The van der Waals surface area contributed by atoms with Gasteiger partial charge in [-0.25, -0.2) is 0 Å². The van der Waals surface area contributed by atoms with E-state index in [0.717, 1.165) is 47.0 Å². The molecule has 2 aromatic carbocycles. The van der Waals surface area contributed by atoms with E-state index >= 15 is 0 Å². The van der Waals surface area contributed by atoms with Crippen LogP contribution in [0.15, 0.2) is 42.5 Å². The van der Waals surface area contributed by atoms with Crippen LogP contribution in [-0.2, 0) is 19.0 Å². The summed E-state index contributed by atoms with van der Waals surface area (Å²) in [5, 5.41) is 0.719. The molecule has 0 aliphatic carbocycles. The quantitative estimate of drug-likeness (QED) is 0.531. The molecular weight excluding hydrogens is 442 g/mol. The van der Waals surface area contributed by atoms with Crippen molar-refractivity contribution in [2.45, 2.75) is 44.9 Å². The molecule has 2 aliphatic rings. The van der Waals surface area contributed by atoms with Crippen molar-refractivity contribution >= 4 is 17.6 Å². The molecule has 0 aromatic heterocycles. The van der Waals surface area contributed by atoms with Gasteiger partial charge in [-0.1, -0.05) is 29.8 Å². The van der Waals surface area contributed by atoms with Crippen molar-refractivity contribution in [2.24, 2.45) is 0 Å². The fourth-order valence-corrected chi connectivity index (χ4v) is 4.87. The summed E-state index contributed by atoms with van der Waals surface area (Å²) in [5.74, 6) is 0.606. The fourth-order valence-electron chi connectivity index (χ4n) is 4.65. The van der Waals surface area contributed by atoms with E-state index in [2.05, 4.69) is 23.1 Å². The highest BCUT2D eigenvalue weighted by molar-refractivity contribution is 6.31. The number of hydrogen-bond acceptors (Lipinski definition) is 6. The zero-order valence-corrected chi connectivity index (χ0v) is 20.1. The van der Waals surface area contributed by atoms with E-state index in [1.54, 1.807) is 0 Å². The third kappa shape index (κ3) is 6.07. The van der Waals surface area contributed by atoms with Gasteiger partial charge in [-0.3, -0.25) is 9.69 Å². The van der Waals surface area contributed by atoms with Gasteiger partial charge in [0, 0.05) is 37.9 Å². The molecule has 0 N–H and O–H groups in total. The van der Waals surface area contributed by atoms with Gasteiger partial charge in [0.25, 0.3) is 0 Å². The van der Waals surface area contributed by atoms with Crippen LogP contribution in [0.4, 0.5) is 0 Å². The van der Waals surface area contributed by atoms with E-state index in [4.69, 9.17) is 30.5 Å². The molecule has 3 atom stereocenters. The number of halogens is 1. The van der Waals surface area contributed by atoms with Gasteiger partial charge in [0.05, 0.1) is 38.6 Å². The van der Waals surface area contributed by atoms with Gasteiger partial charge in [0.1, 0.15) is 11.9 Å². The maximum absolute atomic E-state index is 11.4. The fraction of sp³-hybridized carbons (Fsp3) is 0.500. The lowest BCUT2D eigenvalue weighted by molar-refractivity contribution is -0.153. The molecule has 4 rings (SSSR count). The minimum absolute atomic E-state index is 0.00937. The molecule has 0 amide bonds. The zero-order chi connectivity index (χ0) is 23.2. The number of hydrogen-bond donors (Lipinski definition) is 0. The molecule has 7 heteroatoms. The molecule has 0 radical (unpaired) electrons. The average molecular weight is 474 g/mol. The van der Waals surface area contributed by atoms with Crippen molar-refractivity contribution in [3.8, 4) is 5.75 Å². The summed E-state index contributed by atoms with van der Waals surface area (Å²) in [6, 6.07) is 14.4. The maximum Gasteiger partial charge on any atom is 0.302 e. The Bertz CT molecular complexity index is 929. The first-order valence-electron chi connectivity index (χ1n) is 11.7. The highest BCUT2D eigenvalue weighted by Crippen LogP contribution is 2.38. The van der Waals surface area contributed by atoms with Crippen LogP contribution in [0.5, 0.6) is 5.75 Å². The Morgan fingerprint density at radius 3 is 2.61 bits per heavy atom. The largest absolute Gasteiger partial charge is 0.494 e. The Hall–Kier alpha value is -2.12. The van der Waals surface area contributed by atoms with Crippen LogP contribution in [0.25, 0.3) is 0 Å². The van der Waals surface area contributed by atoms with Crippen LogP contribution in [-0.4, -0.2) is 56.5 Å². The summed E-state index contributed by atoms with van der Waals surface area (Å²) < 4.78 is 22.8. The van der Waals surface area contributed by atoms with Gasteiger partial charge < -0.3 is 18.9 Å². The molecule has 33 heavy (non-hydrogen) atoms. The highest BCUT2D eigenvalue weighted by Gasteiger charge is 2.30. The SMILES string of the molecule is CCOc1ccc(C(c2cc(C3CC(OC(C)=O)CCO3)ccc2Cl)N2CCOCC2)cc1. The predicted octanol–water partition coefficient (Wildman–Crippen LogP) is 4.94. The second-order valence-corrected chi connectivity index (χ2v) is 8.86. The Kier molecular flexibility index (Phi) is 8.25. The molecule has 0 bridgehead atoms. The maximum atomic E-state index is 11.4. The second-order valence-electron chi connectivity index (χ2n) is 8.45. The topological polar surface area (TPSA) is 57.2 Å². The molecule has 0 spiro atoms. The highest BCUT2D eigenvalue weighted by atomic mass is 35.5. The molecule has 2 saturated heterocycles. The summed E-state index contributed by atoms with van der Waals surface area (Å²) in [4.78, 5) is 13.8. The number of nitrogens with zero attached hydrogens (tertiary/aromatic N) is 1. The van der Waals surface area contributed by atoms with Crippen LogP contribution in [0, 0.1) is 0 Å².